The van der Waals surface area contributed by atoms with Crippen molar-refractivity contribution in [1.82, 2.24) is 10.2 Å². The quantitative estimate of drug-likeness (QED) is 0.785. The molecule has 2 aliphatic carbocycles. The average Bonchev–Trinajstić information content (AvgIpc) is 3.14. The Morgan fingerprint density at radius 3 is 2.19 bits per heavy atom. The van der Waals surface area contributed by atoms with E-state index in [1.807, 2.05) is 0 Å². The molecule has 2 heteroatoms. The lowest BCUT2D eigenvalue weighted by Gasteiger charge is -2.37. The molecule has 0 bridgehead atoms. The lowest BCUT2D eigenvalue weighted by molar-refractivity contribution is 0.157. The molecule has 0 aromatic heterocycles. The zero-order valence-electron chi connectivity index (χ0n) is 10.8. The smallest absolute Gasteiger partial charge is 0.0126 e. The van der Waals surface area contributed by atoms with Gasteiger partial charge < -0.3 is 10.2 Å². The predicted molar refractivity (Wildman–Crippen MR) is 67.5 cm³/mol. The van der Waals surface area contributed by atoms with E-state index in [9.17, 15) is 0 Å². The van der Waals surface area contributed by atoms with E-state index >= 15 is 0 Å². The van der Waals surface area contributed by atoms with Crippen LogP contribution in [0.3, 0.4) is 0 Å². The molecule has 1 aliphatic heterocycles. The Balaban J connectivity index is 1.52. The van der Waals surface area contributed by atoms with Gasteiger partial charge in [-0.3, -0.25) is 0 Å². The van der Waals surface area contributed by atoms with Gasteiger partial charge in [-0.2, -0.15) is 0 Å². The second-order valence-corrected chi connectivity index (χ2v) is 6.42. The summed E-state index contributed by atoms with van der Waals surface area (Å²) in [5.41, 5.74) is 0. The lowest BCUT2D eigenvalue weighted by atomic mass is 9.96. The van der Waals surface area contributed by atoms with Gasteiger partial charge in [-0.15, -0.1) is 0 Å². The molecule has 0 radical (unpaired) electrons. The predicted octanol–water partition coefficient (Wildman–Crippen LogP) is 2.25. The molecule has 2 atom stereocenters. The number of piperidine rings is 1. The highest BCUT2D eigenvalue weighted by molar-refractivity contribution is 4.98. The number of nitrogens with zero attached hydrogens (tertiary/aromatic N) is 1. The first-order valence-corrected chi connectivity index (χ1v) is 7.20. The minimum atomic E-state index is 0.769. The molecule has 3 aliphatic rings. The Bertz CT molecular complexity index is 233. The van der Waals surface area contributed by atoms with Crippen molar-refractivity contribution in [3.05, 3.63) is 0 Å². The maximum Gasteiger partial charge on any atom is 0.0126 e. The molecular formula is C14H26N2. The molecule has 1 N–H and O–H groups in total. The SMILES string of the molecule is CC1CC(NC(C2CC2)C2CC2)CCN1C. The van der Waals surface area contributed by atoms with Gasteiger partial charge in [0.05, 0.1) is 0 Å². The molecule has 3 fully saturated rings. The van der Waals surface area contributed by atoms with Crippen LogP contribution >= 0.6 is 0 Å². The molecule has 0 aromatic rings. The van der Waals surface area contributed by atoms with Crippen molar-refractivity contribution in [3.8, 4) is 0 Å². The number of hydrogen-bond donors (Lipinski definition) is 1. The Morgan fingerprint density at radius 2 is 1.69 bits per heavy atom. The van der Waals surface area contributed by atoms with Crippen LogP contribution < -0.4 is 5.32 Å². The molecule has 2 unspecified atom stereocenters. The fourth-order valence-corrected chi connectivity index (χ4v) is 3.28. The van der Waals surface area contributed by atoms with Crippen molar-refractivity contribution in [1.29, 1.82) is 0 Å². The third-order valence-corrected chi connectivity index (χ3v) is 4.90. The van der Waals surface area contributed by atoms with Gasteiger partial charge in [0, 0.05) is 18.1 Å². The third-order valence-electron chi connectivity index (χ3n) is 4.90. The fraction of sp³-hybridized carbons (Fsp3) is 1.00. The molecule has 2 saturated carbocycles. The largest absolute Gasteiger partial charge is 0.311 e. The Morgan fingerprint density at radius 1 is 1.06 bits per heavy atom. The minimum Gasteiger partial charge on any atom is -0.311 e. The van der Waals surface area contributed by atoms with Crippen LogP contribution in [0.25, 0.3) is 0 Å². The molecule has 0 spiro atoms. The third kappa shape index (κ3) is 2.43. The van der Waals surface area contributed by atoms with Crippen LogP contribution in [-0.4, -0.2) is 36.6 Å². The van der Waals surface area contributed by atoms with Crippen molar-refractivity contribution in [2.24, 2.45) is 11.8 Å². The summed E-state index contributed by atoms with van der Waals surface area (Å²) in [7, 11) is 2.26. The number of hydrogen-bond acceptors (Lipinski definition) is 2. The molecule has 16 heavy (non-hydrogen) atoms. The Labute approximate surface area is 99.8 Å². The number of likely N-dealkylation sites (tertiary alicyclic amines) is 1. The topological polar surface area (TPSA) is 15.3 Å². The molecule has 1 saturated heterocycles. The van der Waals surface area contributed by atoms with Crippen molar-refractivity contribution >= 4 is 0 Å². The van der Waals surface area contributed by atoms with E-state index in [0.29, 0.717) is 0 Å². The summed E-state index contributed by atoms with van der Waals surface area (Å²) in [5, 5.41) is 4.00. The van der Waals surface area contributed by atoms with Crippen LogP contribution in [0.4, 0.5) is 0 Å². The van der Waals surface area contributed by atoms with Crippen LogP contribution in [0.1, 0.15) is 45.4 Å². The molecule has 2 nitrogen and oxygen atoms in total. The van der Waals surface area contributed by atoms with E-state index in [4.69, 9.17) is 0 Å². The summed E-state index contributed by atoms with van der Waals surface area (Å²) in [6.45, 7) is 3.65. The van der Waals surface area contributed by atoms with Gasteiger partial charge in [0.2, 0.25) is 0 Å². The summed E-state index contributed by atoms with van der Waals surface area (Å²) in [6.07, 6.45) is 8.70. The molecule has 0 aromatic carbocycles. The standard InChI is InChI=1S/C14H26N2/c1-10-9-13(7-8-16(10)2)15-14(11-3-4-11)12-5-6-12/h10-15H,3-9H2,1-2H3. The molecule has 92 valence electrons. The second kappa shape index (κ2) is 4.30. The summed E-state index contributed by atoms with van der Waals surface area (Å²) >= 11 is 0. The number of rotatable bonds is 4. The first kappa shape index (κ1) is 11.0. The summed E-state index contributed by atoms with van der Waals surface area (Å²) in [5.74, 6) is 2.09. The van der Waals surface area contributed by atoms with Crippen LogP contribution in [0, 0.1) is 11.8 Å². The second-order valence-electron chi connectivity index (χ2n) is 6.42. The van der Waals surface area contributed by atoms with Crippen LogP contribution in [0.5, 0.6) is 0 Å². The van der Waals surface area contributed by atoms with E-state index in [-0.39, 0.29) is 0 Å². The summed E-state index contributed by atoms with van der Waals surface area (Å²) < 4.78 is 0. The monoisotopic (exact) mass is 222 g/mol. The lowest BCUT2D eigenvalue weighted by Crippen LogP contribution is -2.49. The van der Waals surface area contributed by atoms with Crippen LogP contribution in [-0.2, 0) is 0 Å². The van der Waals surface area contributed by atoms with Crippen molar-refractivity contribution in [2.75, 3.05) is 13.6 Å². The Kier molecular flexibility index (Phi) is 2.97. The van der Waals surface area contributed by atoms with Gasteiger partial charge in [-0.25, -0.2) is 0 Å². The zero-order valence-corrected chi connectivity index (χ0v) is 10.8. The van der Waals surface area contributed by atoms with Gasteiger partial charge >= 0.3 is 0 Å². The fourth-order valence-electron chi connectivity index (χ4n) is 3.28. The maximum absolute atomic E-state index is 4.00. The van der Waals surface area contributed by atoms with Gasteiger partial charge in [0.1, 0.15) is 0 Å². The normalized spacial score (nSPS) is 36.9. The summed E-state index contributed by atoms with van der Waals surface area (Å²) in [6, 6.07) is 2.46. The van der Waals surface area contributed by atoms with E-state index in [0.717, 1.165) is 30.0 Å². The highest BCUT2D eigenvalue weighted by atomic mass is 15.1. The van der Waals surface area contributed by atoms with Gasteiger partial charge in [0.15, 0.2) is 0 Å². The first-order valence-electron chi connectivity index (χ1n) is 7.20. The van der Waals surface area contributed by atoms with Gasteiger partial charge in [-0.05, 0) is 70.9 Å². The van der Waals surface area contributed by atoms with Crippen LogP contribution in [0.15, 0.2) is 0 Å². The highest BCUT2D eigenvalue weighted by Gasteiger charge is 2.42. The maximum atomic E-state index is 4.00. The number of nitrogens with one attached hydrogen (secondary N) is 1. The molecule has 0 amide bonds. The molecule has 1 heterocycles. The zero-order chi connectivity index (χ0) is 11.1. The van der Waals surface area contributed by atoms with Crippen LogP contribution in [0.2, 0.25) is 0 Å². The van der Waals surface area contributed by atoms with E-state index < -0.39 is 0 Å². The highest BCUT2D eigenvalue weighted by Crippen LogP contribution is 2.45. The van der Waals surface area contributed by atoms with Crippen molar-refractivity contribution in [3.63, 3.8) is 0 Å². The van der Waals surface area contributed by atoms with E-state index in [1.54, 1.807) is 0 Å². The van der Waals surface area contributed by atoms with Gasteiger partial charge in [-0.1, -0.05) is 0 Å². The summed E-state index contributed by atoms with van der Waals surface area (Å²) in [4.78, 5) is 2.50. The van der Waals surface area contributed by atoms with Crippen molar-refractivity contribution < 1.29 is 0 Å². The van der Waals surface area contributed by atoms with Gasteiger partial charge in [0.25, 0.3) is 0 Å². The van der Waals surface area contributed by atoms with E-state index in [1.165, 1.54) is 45.1 Å². The molecular weight excluding hydrogens is 196 g/mol. The first-order chi connectivity index (χ1) is 7.74. The molecule has 3 rings (SSSR count). The average molecular weight is 222 g/mol. The Hall–Kier alpha value is -0.0800. The van der Waals surface area contributed by atoms with E-state index in [2.05, 4.69) is 24.2 Å². The van der Waals surface area contributed by atoms with Crippen molar-refractivity contribution in [2.45, 2.75) is 63.6 Å². The minimum absolute atomic E-state index is 0.769.